The third-order valence-electron chi connectivity index (χ3n) is 4.38. The van der Waals surface area contributed by atoms with Crippen LogP contribution in [0.1, 0.15) is 15.9 Å². The summed E-state index contributed by atoms with van der Waals surface area (Å²) in [5.41, 5.74) is 2.89. The Hall–Kier alpha value is -3.87. The molecule has 1 amide bonds. The number of methoxy groups -OCH3 is 1. The van der Waals surface area contributed by atoms with Crippen LogP contribution in [-0.2, 0) is 6.54 Å². The van der Waals surface area contributed by atoms with Crippen molar-refractivity contribution in [3.05, 3.63) is 78.0 Å². The van der Waals surface area contributed by atoms with Crippen molar-refractivity contribution in [3.63, 3.8) is 0 Å². The zero-order valence-electron chi connectivity index (χ0n) is 15.2. The van der Waals surface area contributed by atoms with Crippen molar-refractivity contribution < 1.29 is 14.6 Å². The summed E-state index contributed by atoms with van der Waals surface area (Å²) in [5.74, 6) is 0.315. The summed E-state index contributed by atoms with van der Waals surface area (Å²) in [5, 5.41) is 17.3. The lowest BCUT2D eigenvalue weighted by Crippen LogP contribution is -2.22. The maximum absolute atomic E-state index is 12.6. The Labute approximate surface area is 161 Å². The van der Waals surface area contributed by atoms with Crippen LogP contribution in [0.5, 0.6) is 11.6 Å². The summed E-state index contributed by atoms with van der Waals surface area (Å²) in [6.07, 6.45) is 1.40. The van der Waals surface area contributed by atoms with Crippen LogP contribution >= 0.6 is 0 Å². The van der Waals surface area contributed by atoms with E-state index in [4.69, 9.17) is 4.74 Å². The number of ether oxygens (including phenoxy) is 1. The number of nitrogens with one attached hydrogen (secondary N) is 1. The molecule has 2 heterocycles. The van der Waals surface area contributed by atoms with Gasteiger partial charge in [0.15, 0.2) is 5.65 Å². The molecule has 0 radical (unpaired) electrons. The molecule has 2 N–H and O–H groups in total. The topological polar surface area (TPSA) is 88.8 Å². The first kappa shape index (κ1) is 17.5. The standard InChI is InChI=1S/C21H18N4O3/c1-28-16-9-7-15(8-10-16)18-11-19(26)25-20(24-18)17(13-23-25)21(27)22-12-14-5-3-2-4-6-14/h2-11,13,26H,12H2,1H3,(H,22,27). The van der Waals surface area contributed by atoms with E-state index in [1.165, 1.54) is 16.8 Å². The molecule has 0 bridgehead atoms. The predicted octanol–water partition coefficient (Wildman–Crippen LogP) is 3.04. The van der Waals surface area contributed by atoms with Gasteiger partial charge in [0.25, 0.3) is 5.91 Å². The van der Waals surface area contributed by atoms with E-state index >= 15 is 0 Å². The van der Waals surface area contributed by atoms with Crippen LogP contribution in [0.15, 0.2) is 66.9 Å². The maximum Gasteiger partial charge on any atom is 0.257 e. The van der Waals surface area contributed by atoms with Gasteiger partial charge >= 0.3 is 0 Å². The van der Waals surface area contributed by atoms with Gasteiger partial charge < -0.3 is 15.2 Å². The van der Waals surface area contributed by atoms with Crippen molar-refractivity contribution in [2.24, 2.45) is 0 Å². The second-order valence-electron chi connectivity index (χ2n) is 6.19. The number of rotatable bonds is 5. The van der Waals surface area contributed by atoms with Gasteiger partial charge in [-0.05, 0) is 29.8 Å². The van der Waals surface area contributed by atoms with Crippen LogP contribution in [0.4, 0.5) is 0 Å². The fraction of sp³-hybridized carbons (Fsp3) is 0.0952. The van der Waals surface area contributed by atoms with E-state index in [0.29, 0.717) is 17.8 Å². The molecule has 28 heavy (non-hydrogen) atoms. The number of amides is 1. The van der Waals surface area contributed by atoms with Crippen molar-refractivity contribution in [2.75, 3.05) is 7.11 Å². The Morgan fingerprint density at radius 1 is 1.14 bits per heavy atom. The molecule has 0 saturated heterocycles. The fourth-order valence-corrected chi connectivity index (χ4v) is 2.89. The smallest absolute Gasteiger partial charge is 0.257 e. The van der Waals surface area contributed by atoms with Crippen LogP contribution in [0, 0.1) is 0 Å². The van der Waals surface area contributed by atoms with Gasteiger partial charge in [0.05, 0.1) is 19.0 Å². The minimum absolute atomic E-state index is 0.0991. The number of aromatic nitrogens is 3. The van der Waals surface area contributed by atoms with E-state index in [1.54, 1.807) is 7.11 Å². The van der Waals surface area contributed by atoms with Gasteiger partial charge in [-0.1, -0.05) is 30.3 Å². The minimum Gasteiger partial charge on any atom is -0.497 e. The van der Waals surface area contributed by atoms with Crippen LogP contribution in [0.2, 0.25) is 0 Å². The summed E-state index contributed by atoms with van der Waals surface area (Å²) in [6.45, 7) is 0.390. The largest absolute Gasteiger partial charge is 0.497 e. The summed E-state index contributed by atoms with van der Waals surface area (Å²) in [6, 6.07) is 18.4. The van der Waals surface area contributed by atoms with E-state index in [2.05, 4.69) is 15.4 Å². The zero-order chi connectivity index (χ0) is 19.5. The van der Waals surface area contributed by atoms with Crippen LogP contribution in [0.3, 0.4) is 0 Å². The van der Waals surface area contributed by atoms with Crippen LogP contribution in [0.25, 0.3) is 16.9 Å². The average Bonchev–Trinajstić information content (AvgIpc) is 3.17. The van der Waals surface area contributed by atoms with Crippen molar-refractivity contribution in [1.29, 1.82) is 0 Å². The first-order valence-electron chi connectivity index (χ1n) is 8.70. The second-order valence-corrected chi connectivity index (χ2v) is 6.19. The molecule has 0 aliphatic carbocycles. The molecule has 0 aliphatic heterocycles. The van der Waals surface area contributed by atoms with Gasteiger partial charge in [0.2, 0.25) is 5.88 Å². The van der Waals surface area contributed by atoms with Crippen molar-refractivity contribution in [3.8, 4) is 22.9 Å². The van der Waals surface area contributed by atoms with E-state index < -0.39 is 0 Å². The lowest BCUT2D eigenvalue weighted by atomic mass is 10.1. The van der Waals surface area contributed by atoms with E-state index in [1.807, 2.05) is 54.6 Å². The number of carbonyl (C=O) groups excluding carboxylic acids is 1. The molecular formula is C21H18N4O3. The number of carbonyl (C=O) groups is 1. The Morgan fingerprint density at radius 3 is 2.61 bits per heavy atom. The van der Waals surface area contributed by atoms with E-state index in [-0.39, 0.29) is 17.4 Å². The molecule has 4 rings (SSSR count). The number of aromatic hydroxyl groups is 1. The number of benzene rings is 2. The zero-order valence-corrected chi connectivity index (χ0v) is 15.2. The molecule has 7 heteroatoms. The molecule has 4 aromatic rings. The summed E-state index contributed by atoms with van der Waals surface area (Å²) >= 11 is 0. The quantitative estimate of drug-likeness (QED) is 0.561. The molecule has 2 aromatic heterocycles. The highest BCUT2D eigenvalue weighted by molar-refractivity contribution is 5.99. The normalized spacial score (nSPS) is 10.8. The molecule has 2 aromatic carbocycles. The van der Waals surface area contributed by atoms with Crippen molar-refractivity contribution in [2.45, 2.75) is 6.54 Å². The monoisotopic (exact) mass is 374 g/mol. The average molecular weight is 374 g/mol. The van der Waals surface area contributed by atoms with Crippen LogP contribution < -0.4 is 10.1 Å². The summed E-state index contributed by atoms with van der Waals surface area (Å²) in [4.78, 5) is 17.2. The van der Waals surface area contributed by atoms with Gasteiger partial charge in [0, 0.05) is 18.2 Å². The second kappa shape index (κ2) is 7.40. The third-order valence-corrected chi connectivity index (χ3v) is 4.38. The van der Waals surface area contributed by atoms with Gasteiger partial charge in [-0.3, -0.25) is 4.79 Å². The van der Waals surface area contributed by atoms with E-state index in [0.717, 1.165) is 16.9 Å². The predicted molar refractivity (Wildman–Crippen MR) is 104 cm³/mol. The number of hydrogen-bond donors (Lipinski definition) is 2. The molecule has 140 valence electrons. The third kappa shape index (κ3) is 3.37. The van der Waals surface area contributed by atoms with Crippen molar-refractivity contribution >= 4 is 11.6 Å². The van der Waals surface area contributed by atoms with Crippen LogP contribution in [-0.4, -0.2) is 32.7 Å². The first-order chi connectivity index (χ1) is 13.7. The summed E-state index contributed by atoms with van der Waals surface area (Å²) < 4.78 is 6.40. The highest BCUT2D eigenvalue weighted by Crippen LogP contribution is 2.25. The molecule has 0 spiro atoms. The Balaban J connectivity index is 1.65. The molecular weight excluding hydrogens is 356 g/mol. The number of fused-ring (bicyclic) bond motifs is 1. The first-order valence-corrected chi connectivity index (χ1v) is 8.70. The van der Waals surface area contributed by atoms with Gasteiger partial charge in [0.1, 0.15) is 11.3 Å². The molecule has 0 unspecified atom stereocenters. The minimum atomic E-state index is -0.308. The van der Waals surface area contributed by atoms with Gasteiger partial charge in [-0.2, -0.15) is 9.61 Å². The molecule has 7 nitrogen and oxygen atoms in total. The van der Waals surface area contributed by atoms with Crippen molar-refractivity contribution in [1.82, 2.24) is 19.9 Å². The Kier molecular flexibility index (Phi) is 4.63. The Bertz CT molecular complexity index is 1120. The lowest BCUT2D eigenvalue weighted by molar-refractivity contribution is 0.0952. The Morgan fingerprint density at radius 2 is 1.89 bits per heavy atom. The highest BCUT2D eigenvalue weighted by Gasteiger charge is 2.17. The number of hydrogen-bond acceptors (Lipinski definition) is 5. The molecule has 0 atom stereocenters. The molecule has 0 fully saturated rings. The lowest BCUT2D eigenvalue weighted by Gasteiger charge is -2.07. The maximum atomic E-state index is 12.6. The van der Waals surface area contributed by atoms with Gasteiger partial charge in [-0.15, -0.1) is 0 Å². The SMILES string of the molecule is COc1ccc(-c2cc(O)n3ncc(C(=O)NCc4ccccc4)c3n2)cc1. The van der Waals surface area contributed by atoms with Gasteiger partial charge in [-0.25, -0.2) is 4.98 Å². The van der Waals surface area contributed by atoms with E-state index in [9.17, 15) is 9.90 Å². The highest BCUT2D eigenvalue weighted by atomic mass is 16.5. The fourth-order valence-electron chi connectivity index (χ4n) is 2.89. The summed E-state index contributed by atoms with van der Waals surface area (Å²) in [7, 11) is 1.59. The molecule has 0 saturated carbocycles. The molecule has 0 aliphatic rings. The number of nitrogens with zero attached hydrogens (tertiary/aromatic N) is 3.